The quantitative estimate of drug-likeness (QED) is 0.841. The summed E-state index contributed by atoms with van der Waals surface area (Å²) in [5.74, 6) is 0. The van der Waals surface area contributed by atoms with Crippen molar-refractivity contribution in [1.29, 1.82) is 0 Å². The first-order valence-corrected chi connectivity index (χ1v) is 8.25. The zero-order chi connectivity index (χ0) is 13.5. The van der Waals surface area contributed by atoms with Gasteiger partial charge in [0.25, 0.3) is 10.0 Å². The molecule has 1 saturated heterocycles. The lowest BCUT2D eigenvalue weighted by Gasteiger charge is -2.48. The summed E-state index contributed by atoms with van der Waals surface area (Å²) in [6.45, 7) is 0.887. The van der Waals surface area contributed by atoms with Gasteiger partial charge < -0.3 is 5.32 Å². The van der Waals surface area contributed by atoms with E-state index in [1.165, 1.54) is 23.4 Å². The summed E-state index contributed by atoms with van der Waals surface area (Å²) in [6.07, 6.45) is 6.81. The van der Waals surface area contributed by atoms with E-state index in [9.17, 15) is 8.42 Å². The van der Waals surface area contributed by atoms with Gasteiger partial charge in [0.05, 0.1) is 6.20 Å². The van der Waals surface area contributed by atoms with Crippen LogP contribution in [0.2, 0.25) is 0 Å². The van der Waals surface area contributed by atoms with Crippen LogP contribution in [0.25, 0.3) is 0 Å². The maximum absolute atomic E-state index is 12.3. The second-order valence-corrected chi connectivity index (χ2v) is 7.33. The lowest BCUT2D eigenvalue weighted by atomic mass is 9.70. The van der Waals surface area contributed by atoms with Crippen LogP contribution < -0.4 is 10.0 Å². The number of aromatic nitrogens is 2. The summed E-state index contributed by atoms with van der Waals surface area (Å²) >= 11 is 0. The Kier molecular flexibility index (Phi) is 3.15. The highest BCUT2D eigenvalue weighted by Crippen LogP contribution is 2.38. The van der Waals surface area contributed by atoms with Gasteiger partial charge in [-0.15, -0.1) is 0 Å². The predicted octanol–water partition coefficient (Wildman–Crippen LogP) is 0.373. The Bertz CT molecular complexity index is 562. The SMILES string of the molecule is Cn1nccc1S(=O)(=O)NC1CCNC2(CCC2)C1. The summed E-state index contributed by atoms with van der Waals surface area (Å²) in [7, 11) is -1.82. The molecular formula is C12H20N4O2S. The van der Waals surface area contributed by atoms with Crippen LogP contribution in [0, 0.1) is 0 Å². The highest BCUT2D eigenvalue weighted by Gasteiger charge is 2.41. The molecule has 0 amide bonds. The van der Waals surface area contributed by atoms with E-state index in [0.717, 1.165) is 32.2 Å². The number of piperidine rings is 1. The maximum Gasteiger partial charge on any atom is 0.257 e. The summed E-state index contributed by atoms with van der Waals surface area (Å²) in [5, 5.41) is 7.69. The molecule has 1 atom stereocenters. The Hall–Kier alpha value is -0.920. The maximum atomic E-state index is 12.3. The van der Waals surface area contributed by atoms with Gasteiger partial charge in [-0.3, -0.25) is 4.68 Å². The first kappa shape index (κ1) is 13.1. The molecule has 3 rings (SSSR count). The number of rotatable bonds is 3. The lowest BCUT2D eigenvalue weighted by molar-refractivity contribution is 0.126. The number of nitrogens with zero attached hydrogens (tertiary/aromatic N) is 2. The number of hydrogen-bond acceptors (Lipinski definition) is 4. The fourth-order valence-electron chi connectivity index (χ4n) is 3.15. The topological polar surface area (TPSA) is 76.0 Å². The van der Waals surface area contributed by atoms with Crippen molar-refractivity contribution in [2.75, 3.05) is 6.54 Å². The monoisotopic (exact) mass is 284 g/mol. The molecule has 6 nitrogen and oxygen atoms in total. The van der Waals surface area contributed by atoms with E-state index < -0.39 is 10.0 Å². The minimum atomic E-state index is -3.46. The first-order valence-electron chi connectivity index (χ1n) is 6.76. The molecule has 1 saturated carbocycles. The van der Waals surface area contributed by atoms with Crippen molar-refractivity contribution in [3.63, 3.8) is 0 Å². The molecule has 0 radical (unpaired) electrons. The summed E-state index contributed by atoms with van der Waals surface area (Å²) in [6, 6.07) is 1.56. The van der Waals surface area contributed by atoms with Gasteiger partial charge in [0.1, 0.15) is 0 Å². The van der Waals surface area contributed by atoms with Gasteiger partial charge >= 0.3 is 0 Å². The standard InChI is InChI=1S/C12H20N4O2S/c1-16-11(4-8-14-16)19(17,18)15-10-3-7-13-12(9-10)5-2-6-12/h4,8,10,13,15H,2-3,5-7,9H2,1H3. The molecule has 1 aromatic heterocycles. The molecule has 1 spiro atoms. The smallest absolute Gasteiger partial charge is 0.257 e. The molecule has 2 N–H and O–H groups in total. The zero-order valence-corrected chi connectivity index (χ0v) is 11.9. The van der Waals surface area contributed by atoms with Crippen molar-refractivity contribution in [3.8, 4) is 0 Å². The van der Waals surface area contributed by atoms with Gasteiger partial charge in [0.15, 0.2) is 5.03 Å². The molecular weight excluding hydrogens is 264 g/mol. The van der Waals surface area contributed by atoms with Crippen LogP contribution in [0.1, 0.15) is 32.1 Å². The molecule has 0 bridgehead atoms. The van der Waals surface area contributed by atoms with Gasteiger partial charge in [-0.2, -0.15) is 5.10 Å². The van der Waals surface area contributed by atoms with Gasteiger partial charge in [0, 0.05) is 18.6 Å². The van der Waals surface area contributed by atoms with Crippen molar-refractivity contribution in [1.82, 2.24) is 19.8 Å². The number of nitrogens with one attached hydrogen (secondary N) is 2. The van der Waals surface area contributed by atoms with Crippen molar-refractivity contribution in [2.45, 2.75) is 48.7 Å². The molecule has 106 valence electrons. The van der Waals surface area contributed by atoms with Crippen LogP contribution in [0.3, 0.4) is 0 Å². The number of hydrogen-bond donors (Lipinski definition) is 2. The minimum absolute atomic E-state index is 0.0291. The first-order chi connectivity index (χ1) is 9.01. The summed E-state index contributed by atoms with van der Waals surface area (Å²) in [5.41, 5.74) is 0.192. The summed E-state index contributed by atoms with van der Waals surface area (Å²) < 4.78 is 28.8. The molecule has 7 heteroatoms. The van der Waals surface area contributed by atoms with Gasteiger partial charge in [0.2, 0.25) is 0 Å². The minimum Gasteiger partial charge on any atom is -0.311 e. The zero-order valence-electron chi connectivity index (χ0n) is 11.1. The molecule has 0 aromatic carbocycles. The van der Waals surface area contributed by atoms with Crippen LogP contribution in [0.4, 0.5) is 0 Å². The third-order valence-electron chi connectivity index (χ3n) is 4.31. The van der Waals surface area contributed by atoms with Crippen LogP contribution >= 0.6 is 0 Å². The van der Waals surface area contributed by atoms with E-state index in [2.05, 4.69) is 15.1 Å². The van der Waals surface area contributed by atoms with E-state index in [-0.39, 0.29) is 16.6 Å². The Morgan fingerprint density at radius 1 is 1.53 bits per heavy atom. The van der Waals surface area contributed by atoms with Crippen molar-refractivity contribution in [3.05, 3.63) is 12.3 Å². The van der Waals surface area contributed by atoms with Gasteiger partial charge in [-0.25, -0.2) is 13.1 Å². The number of sulfonamides is 1. The van der Waals surface area contributed by atoms with Crippen LogP contribution in [0.5, 0.6) is 0 Å². The Labute approximate surface area is 113 Å². The average Bonchev–Trinajstić information content (AvgIpc) is 2.74. The van der Waals surface area contributed by atoms with Crippen LogP contribution in [-0.4, -0.2) is 36.3 Å². The van der Waals surface area contributed by atoms with Crippen molar-refractivity contribution in [2.24, 2.45) is 7.05 Å². The van der Waals surface area contributed by atoms with E-state index in [1.807, 2.05) is 0 Å². The molecule has 1 aliphatic carbocycles. The normalized spacial score (nSPS) is 26.3. The van der Waals surface area contributed by atoms with E-state index in [1.54, 1.807) is 7.05 Å². The van der Waals surface area contributed by atoms with Crippen LogP contribution in [-0.2, 0) is 17.1 Å². The number of aryl methyl sites for hydroxylation is 1. The molecule has 19 heavy (non-hydrogen) atoms. The largest absolute Gasteiger partial charge is 0.311 e. The Morgan fingerprint density at radius 2 is 2.32 bits per heavy atom. The van der Waals surface area contributed by atoms with Crippen molar-refractivity contribution < 1.29 is 8.42 Å². The highest BCUT2D eigenvalue weighted by atomic mass is 32.2. The van der Waals surface area contributed by atoms with Crippen LogP contribution in [0.15, 0.2) is 17.3 Å². The van der Waals surface area contributed by atoms with Gasteiger partial charge in [-0.1, -0.05) is 0 Å². The average molecular weight is 284 g/mol. The Balaban J connectivity index is 1.72. The van der Waals surface area contributed by atoms with E-state index >= 15 is 0 Å². The van der Waals surface area contributed by atoms with E-state index in [4.69, 9.17) is 0 Å². The Morgan fingerprint density at radius 3 is 2.89 bits per heavy atom. The molecule has 2 aliphatic rings. The van der Waals surface area contributed by atoms with Gasteiger partial charge in [-0.05, 0) is 44.7 Å². The molecule has 2 heterocycles. The second-order valence-electron chi connectivity index (χ2n) is 5.66. The highest BCUT2D eigenvalue weighted by molar-refractivity contribution is 7.89. The van der Waals surface area contributed by atoms with Crippen molar-refractivity contribution >= 4 is 10.0 Å². The molecule has 2 fully saturated rings. The molecule has 1 unspecified atom stereocenters. The van der Waals surface area contributed by atoms with E-state index in [0.29, 0.717) is 0 Å². The fourth-order valence-corrected chi connectivity index (χ4v) is 4.54. The molecule has 1 aliphatic heterocycles. The summed E-state index contributed by atoms with van der Waals surface area (Å²) in [4.78, 5) is 0. The molecule has 1 aromatic rings. The predicted molar refractivity (Wildman–Crippen MR) is 71.1 cm³/mol. The second kappa shape index (κ2) is 4.57. The lowest BCUT2D eigenvalue weighted by Crippen LogP contribution is -2.59. The third-order valence-corrected chi connectivity index (χ3v) is 5.91. The third kappa shape index (κ3) is 2.42. The fraction of sp³-hybridized carbons (Fsp3) is 0.750.